The molecule has 1 heterocycles. The Morgan fingerprint density at radius 2 is 2.29 bits per heavy atom. The van der Waals surface area contributed by atoms with Crippen molar-refractivity contribution >= 4 is 17.5 Å². The van der Waals surface area contributed by atoms with Gasteiger partial charge in [-0.1, -0.05) is 18.5 Å². The van der Waals surface area contributed by atoms with Crippen molar-refractivity contribution in [2.45, 2.75) is 33.1 Å². The molecule has 1 aliphatic rings. The fourth-order valence-corrected chi connectivity index (χ4v) is 3.20. The van der Waals surface area contributed by atoms with E-state index in [0.717, 1.165) is 43.7 Å². The van der Waals surface area contributed by atoms with Gasteiger partial charge in [-0.3, -0.25) is 4.79 Å². The summed E-state index contributed by atoms with van der Waals surface area (Å²) in [5.41, 5.74) is 1.73. The molecule has 21 heavy (non-hydrogen) atoms. The number of carbonyl (C=O) groups is 1. The second-order valence-electron chi connectivity index (χ2n) is 5.92. The molecule has 1 aliphatic heterocycles. The molecular weight excluding hydrogens is 284 g/mol. The zero-order valence-electron chi connectivity index (χ0n) is 13.0. The molecular formula is C17H25ClN2O. The predicted octanol–water partition coefficient (Wildman–Crippen LogP) is 3.50. The van der Waals surface area contributed by atoms with Crippen molar-refractivity contribution in [2.75, 3.05) is 26.2 Å². The van der Waals surface area contributed by atoms with Crippen molar-refractivity contribution in [3.63, 3.8) is 0 Å². The molecule has 1 amide bonds. The molecule has 1 fully saturated rings. The van der Waals surface area contributed by atoms with Gasteiger partial charge in [-0.05, 0) is 69.0 Å². The highest BCUT2D eigenvalue weighted by atomic mass is 35.5. The van der Waals surface area contributed by atoms with E-state index in [4.69, 9.17) is 11.6 Å². The van der Waals surface area contributed by atoms with Gasteiger partial charge in [0.25, 0.3) is 5.91 Å². The molecule has 1 atom stereocenters. The molecule has 0 radical (unpaired) electrons. The van der Waals surface area contributed by atoms with Crippen LogP contribution >= 0.6 is 11.6 Å². The van der Waals surface area contributed by atoms with Crippen LogP contribution in [0.3, 0.4) is 0 Å². The van der Waals surface area contributed by atoms with Crippen LogP contribution in [-0.4, -0.2) is 37.0 Å². The van der Waals surface area contributed by atoms with E-state index >= 15 is 0 Å². The first-order valence-electron chi connectivity index (χ1n) is 7.88. The van der Waals surface area contributed by atoms with Gasteiger partial charge in [0.05, 0.1) is 0 Å². The van der Waals surface area contributed by atoms with Gasteiger partial charge in [0.2, 0.25) is 0 Å². The lowest BCUT2D eigenvalue weighted by atomic mass is 9.98. The number of hydrogen-bond acceptors (Lipinski definition) is 2. The van der Waals surface area contributed by atoms with Crippen LogP contribution in [0, 0.1) is 12.8 Å². The van der Waals surface area contributed by atoms with Crippen LogP contribution in [0.25, 0.3) is 0 Å². The average Bonchev–Trinajstić information content (AvgIpc) is 2.47. The minimum atomic E-state index is 0.136. The second-order valence-corrected chi connectivity index (χ2v) is 6.36. The lowest BCUT2D eigenvalue weighted by Crippen LogP contribution is -2.41. The summed E-state index contributed by atoms with van der Waals surface area (Å²) in [4.78, 5) is 14.8. The summed E-state index contributed by atoms with van der Waals surface area (Å²) in [5, 5.41) is 4.11. The van der Waals surface area contributed by atoms with Crippen molar-refractivity contribution in [3.8, 4) is 0 Å². The lowest BCUT2D eigenvalue weighted by molar-refractivity contribution is 0.0718. The Hall–Kier alpha value is -1.06. The number of halogens is 1. The molecule has 1 unspecified atom stereocenters. The Morgan fingerprint density at radius 1 is 1.48 bits per heavy atom. The molecule has 1 aromatic rings. The zero-order valence-corrected chi connectivity index (χ0v) is 13.7. The molecule has 0 aromatic heterocycles. The largest absolute Gasteiger partial charge is 0.338 e. The van der Waals surface area contributed by atoms with Crippen LogP contribution in [-0.2, 0) is 0 Å². The number of benzene rings is 1. The molecule has 2 rings (SSSR count). The summed E-state index contributed by atoms with van der Waals surface area (Å²) in [6, 6.07) is 5.51. The SMILES string of the molecule is CCCN(CC1CCCNC1)C(=O)c1ccc(Cl)cc1C. The van der Waals surface area contributed by atoms with Crippen molar-refractivity contribution in [3.05, 3.63) is 34.3 Å². The minimum absolute atomic E-state index is 0.136. The van der Waals surface area contributed by atoms with E-state index in [1.54, 1.807) is 6.07 Å². The predicted molar refractivity (Wildman–Crippen MR) is 88.0 cm³/mol. The smallest absolute Gasteiger partial charge is 0.254 e. The normalized spacial score (nSPS) is 18.5. The third kappa shape index (κ3) is 4.45. The van der Waals surface area contributed by atoms with Gasteiger partial charge in [-0.25, -0.2) is 0 Å². The first-order valence-corrected chi connectivity index (χ1v) is 8.25. The Balaban J connectivity index is 2.10. The van der Waals surface area contributed by atoms with E-state index in [-0.39, 0.29) is 5.91 Å². The van der Waals surface area contributed by atoms with Crippen LogP contribution in [0.2, 0.25) is 5.02 Å². The molecule has 116 valence electrons. The first-order chi connectivity index (χ1) is 10.1. The number of rotatable bonds is 5. The number of aryl methyl sites for hydroxylation is 1. The molecule has 0 saturated carbocycles. The first kappa shape index (κ1) is 16.3. The quantitative estimate of drug-likeness (QED) is 0.903. The van der Waals surface area contributed by atoms with Crippen molar-refractivity contribution in [2.24, 2.45) is 5.92 Å². The van der Waals surface area contributed by atoms with Crippen LogP contribution < -0.4 is 5.32 Å². The topological polar surface area (TPSA) is 32.3 Å². The third-order valence-electron chi connectivity index (χ3n) is 4.08. The van der Waals surface area contributed by atoms with Crippen LogP contribution in [0.1, 0.15) is 42.1 Å². The van der Waals surface area contributed by atoms with Gasteiger partial charge in [0, 0.05) is 23.7 Å². The summed E-state index contributed by atoms with van der Waals surface area (Å²) in [6.07, 6.45) is 3.40. The van der Waals surface area contributed by atoms with Gasteiger partial charge >= 0.3 is 0 Å². The Kier molecular flexibility index (Phi) is 6.07. The number of piperidine rings is 1. The molecule has 0 bridgehead atoms. The molecule has 1 aromatic carbocycles. The van der Waals surface area contributed by atoms with E-state index < -0.39 is 0 Å². The van der Waals surface area contributed by atoms with Gasteiger partial charge in [-0.2, -0.15) is 0 Å². The monoisotopic (exact) mass is 308 g/mol. The Morgan fingerprint density at radius 3 is 2.90 bits per heavy atom. The molecule has 0 aliphatic carbocycles. The highest BCUT2D eigenvalue weighted by Crippen LogP contribution is 2.19. The maximum atomic E-state index is 12.8. The van der Waals surface area contributed by atoms with Gasteiger partial charge < -0.3 is 10.2 Å². The molecule has 4 heteroatoms. The molecule has 0 spiro atoms. The number of nitrogens with zero attached hydrogens (tertiary/aromatic N) is 1. The Bertz CT molecular complexity index is 484. The maximum Gasteiger partial charge on any atom is 0.254 e. The molecule has 1 N–H and O–H groups in total. The fourth-order valence-electron chi connectivity index (χ4n) is 2.97. The third-order valence-corrected chi connectivity index (χ3v) is 4.31. The number of amides is 1. The van der Waals surface area contributed by atoms with Crippen LogP contribution in [0.15, 0.2) is 18.2 Å². The maximum absolute atomic E-state index is 12.8. The van der Waals surface area contributed by atoms with Crippen LogP contribution in [0.5, 0.6) is 0 Å². The zero-order chi connectivity index (χ0) is 15.2. The molecule has 1 saturated heterocycles. The number of carbonyl (C=O) groups excluding carboxylic acids is 1. The van der Waals surface area contributed by atoms with E-state index in [1.165, 1.54) is 12.8 Å². The highest BCUT2D eigenvalue weighted by Gasteiger charge is 2.22. The van der Waals surface area contributed by atoms with Crippen molar-refractivity contribution < 1.29 is 4.79 Å². The van der Waals surface area contributed by atoms with E-state index in [9.17, 15) is 4.79 Å². The van der Waals surface area contributed by atoms with Gasteiger partial charge in [0.1, 0.15) is 0 Å². The lowest BCUT2D eigenvalue weighted by Gasteiger charge is -2.30. The van der Waals surface area contributed by atoms with Crippen molar-refractivity contribution in [1.29, 1.82) is 0 Å². The van der Waals surface area contributed by atoms with Gasteiger partial charge in [-0.15, -0.1) is 0 Å². The fraction of sp³-hybridized carbons (Fsp3) is 0.588. The Labute approximate surface area is 132 Å². The number of nitrogens with one attached hydrogen (secondary N) is 1. The standard InChI is InChI=1S/C17H25ClN2O/c1-3-9-20(12-14-5-4-8-19-11-14)17(21)16-7-6-15(18)10-13(16)2/h6-7,10,14,19H,3-5,8-9,11-12H2,1-2H3. The van der Waals surface area contributed by atoms with E-state index in [0.29, 0.717) is 10.9 Å². The highest BCUT2D eigenvalue weighted by molar-refractivity contribution is 6.30. The summed E-state index contributed by atoms with van der Waals surface area (Å²) < 4.78 is 0. The summed E-state index contributed by atoms with van der Waals surface area (Å²) in [6.45, 7) is 7.86. The summed E-state index contributed by atoms with van der Waals surface area (Å²) >= 11 is 5.98. The summed E-state index contributed by atoms with van der Waals surface area (Å²) in [7, 11) is 0. The second kappa shape index (κ2) is 7.81. The number of hydrogen-bond donors (Lipinski definition) is 1. The molecule has 3 nitrogen and oxygen atoms in total. The van der Waals surface area contributed by atoms with Crippen molar-refractivity contribution in [1.82, 2.24) is 10.2 Å². The van der Waals surface area contributed by atoms with E-state index in [1.807, 2.05) is 24.0 Å². The average molecular weight is 309 g/mol. The van der Waals surface area contributed by atoms with Crippen LogP contribution in [0.4, 0.5) is 0 Å². The van der Waals surface area contributed by atoms with Gasteiger partial charge in [0.15, 0.2) is 0 Å². The van der Waals surface area contributed by atoms with E-state index in [2.05, 4.69) is 12.2 Å². The summed E-state index contributed by atoms with van der Waals surface area (Å²) in [5.74, 6) is 0.707. The minimum Gasteiger partial charge on any atom is -0.338 e.